The van der Waals surface area contributed by atoms with E-state index in [1.807, 2.05) is 11.8 Å². The monoisotopic (exact) mass is 975 g/mol. The number of carbonyl (C=O) groups excluding carboxylic acids is 3. The molecule has 17 atom stereocenters. The van der Waals surface area contributed by atoms with Crippen LogP contribution in [0.2, 0.25) is 0 Å². The van der Waals surface area contributed by atoms with Crippen LogP contribution in [0.5, 0.6) is 0 Å². The molecule has 9 aliphatic rings. The van der Waals surface area contributed by atoms with E-state index in [9.17, 15) is 24.6 Å². The molecule has 0 aromatic carbocycles. The lowest BCUT2D eigenvalue weighted by Crippen LogP contribution is -2.60. The molecule has 4 saturated heterocycles. The number of morpholine rings is 1. The minimum Gasteiger partial charge on any atom is -0.457 e. The zero-order valence-electron chi connectivity index (χ0n) is 42.5. The maximum Gasteiger partial charge on any atom is 0.315 e. The van der Waals surface area contributed by atoms with Gasteiger partial charge in [0.1, 0.15) is 0 Å². The van der Waals surface area contributed by atoms with Crippen LogP contribution < -0.4 is 16.0 Å². The standard InChI is InChI=1S/C52H86N4O11S/c1-31-27-34(45(48(5,6)61)65-32(2)57)66-43-41(31)49(7)17-18-52-30-51(52)16-15-38(47(3,4)36(51)13-14-37(52)50(49,8)44(43)59)67-40-28-56(21-24-64-40)20-23-63-26-25-62-22-19-53-39(58)12-10-9-11-35-42-33(29-68-35)54-46(60)55-42/h31,33-38,40-45,59,61H,9-30H2,1-8H3,(H,53,58)(H2,54,55,60)/t31-,33+,34-,35+,36+,37+,38+,40+,41+,42+,43+,44+,45+,49-,50-,51-,52+/m1/s1. The van der Waals surface area contributed by atoms with Gasteiger partial charge in [0.25, 0.3) is 0 Å². The van der Waals surface area contributed by atoms with Gasteiger partial charge >= 0.3 is 12.0 Å². The van der Waals surface area contributed by atoms with E-state index in [1.54, 1.807) is 13.8 Å². The number of nitrogens with one attached hydrogen (secondary N) is 3. The molecule has 386 valence electrons. The summed E-state index contributed by atoms with van der Waals surface area (Å²) in [5.74, 6) is 1.97. The van der Waals surface area contributed by atoms with Gasteiger partial charge in [-0.3, -0.25) is 14.5 Å². The maximum atomic E-state index is 12.7. The minimum absolute atomic E-state index is 0.0180. The van der Waals surface area contributed by atoms with Crippen molar-refractivity contribution >= 4 is 29.7 Å². The van der Waals surface area contributed by atoms with Crippen LogP contribution in [0.3, 0.4) is 0 Å². The number of hydrogen-bond donors (Lipinski definition) is 5. The Balaban J connectivity index is 0.695. The summed E-state index contributed by atoms with van der Waals surface area (Å²) in [6.45, 7) is 22.3. The van der Waals surface area contributed by atoms with Crippen molar-refractivity contribution in [3.8, 4) is 0 Å². The Kier molecular flexibility index (Phi) is 14.7. The number of amides is 3. The van der Waals surface area contributed by atoms with E-state index < -0.39 is 29.9 Å². The Morgan fingerprint density at radius 1 is 1.00 bits per heavy atom. The fraction of sp³-hybridized carbons (Fsp3) is 0.942. The van der Waals surface area contributed by atoms with Crippen LogP contribution in [-0.2, 0) is 38.0 Å². The lowest BCUT2D eigenvalue weighted by atomic mass is 9.41. The molecule has 9 rings (SSSR count). The number of hydrogen-bond acceptors (Lipinski definition) is 13. The first-order valence-electron chi connectivity index (χ1n) is 26.6. The van der Waals surface area contributed by atoms with Crippen molar-refractivity contribution in [2.75, 3.05) is 65.0 Å². The molecule has 0 bridgehead atoms. The van der Waals surface area contributed by atoms with Gasteiger partial charge in [0, 0.05) is 55.9 Å². The average molecular weight is 975 g/mol. The number of carbonyl (C=O) groups is 3. The first kappa shape index (κ1) is 51.2. The van der Waals surface area contributed by atoms with Gasteiger partial charge in [-0.25, -0.2) is 4.79 Å². The summed E-state index contributed by atoms with van der Waals surface area (Å²) < 4.78 is 37.6. The van der Waals surface area contributed by atoms with Gasteiger partial charge in [-0.05, 0) is 123 Å². The molecule has 4 aliphatic heterocycles. The number of esters is 1. The van der Waals surface area contributed by atoms with Crippen LogP contribution in [-0.4, -0.2) is 158 Å². The number of aliphatic hydroxyl groups is 2. The van der Waals surface area contributed by atoms with E-state index in [0.717, 1.165) is 76.8 Å². The average Bonchev–Trinajstić information content (AvgIpc) is 3.47. The van der Waals surface area contributed by atoms with E-state index >= 15 is 0 Å². The van der Waals surface area contributed by atoms with Gasteiger partial charge in [-0.1, -0.05) is 41.0 Å². The number of urea groups is 1. The number of fused-ring (bicyclic) bond motifs is 5. The first-order valence-corrected chi connectivity index (χ1v) is 27.6. The zero-order chi connectivity index (χ0) is 48.4. The van der Waals surface area contributed by atoms with Crippen LogP contribution in [0.4, 0.5) is 4.79 Å². The number of aliphatic hydroxyl groups excluding tert-OH is 1. The lowest BCUT2D eigenvalue weighted by Gasteiger charge is -2.64. The molecule has 5 saturated carbocycles. The Morgan fingerprint density at radius 2 is 1.75 bits per heavy atom. The molecule has 16 heteroatoms. The number of thioether (sulfide) groups is 1. The molecular weight excluding hydrogens is 889 g/mol. The highest BCUT2D eigenvalue weighted by atomic mass is 32.2. The Labute approximate surface area is 410 Å². The molecule has 5 aliphatic carbocycles. The molecule has 0 radical (unpaired) electrons. The van der Waals surface area contributed by atoms with Crippen molar-refractivity contribution in [3.63, 3.8) is 0 Å². The molecule has 3 amide bonds. The van der Waals surface area contributed by atoms with Crippen LogP contribution >= 0.6 is 11.8 Å². The highest BCUT2D eigenvalue weighted by Crippen LogP contribution is 2.89. The van der Waals surface area contributed by atoms with Crippen LogP contribution in [0.15, 0.2) is 0 Å². The topological polar surface area (TPSA) is 186 Å². The molecule has 5 N–H and O–H groups in total. The third kappa shape index (κ3) is 9.08. The molecule has 9 fully saturated rings. The van der Waals surface area contributed by atoms with E-state index in [2.05, 4.69) is 55.5 Å². The third-order valence-corrected chi connectivity index (χ3v) is 21.6. The zero-order valence-corrected chi connectivity index (χ0v) is 43.3. The van der Waals surface area contributed by atoms with Crippen molar-refractivity contribution in [3.05, 3.63) is 0 Å². The summed E-state index contributed by atoms with van der Waals surface area (Å²) in [5, 5.41) is 33.2. The van der Waals surface area contributed by atoms with E-state index in [-0.39, 0.29) is 81.4 Å². The minimum atomic E-state index is -1.28. The SMILES string of the molecule is CC(=O)O[C@@H]([C@H]1C[C@@H](C)[C@H]2[C@H](O1)[C@H](O)[C@@]1(C)[C@@H]3CC[C@H]4C(C)(C)[C@@H](O[C@H]5CN(CCOCCOCCNC(=O)CCCC[C@@H]6SC[C@@H]7NC(=O)N[C@@H]76)CCO5)CC[C@@]45C[C@@]35CC[C@]21C)C(C)(C)O. The summed E-state index contributed by atoms with van der Waals surface area (Å²) in [6.07, 6.45) is 9.50. The highest BCUT2D eigenvalue weighted by Gasteiger charge is 2.84. The molecular formula is C52H86N4O11S. The van der Waals surface area contributed by atoms with Crippen LogP contribution in [0.25, 0.3) is 0 Å². The predicted molar refractivity (Wildman–Crippen MR) is 258 cm³/mol. The number of rotatable bonds is 19. The second-order valence-corrected chi connectivity index (χ2v) is 25.7. The molecule has 2 spiro atoms. The van der Waals surface area contributed by atoms with Crippen molar-refractivity contribution in [1.82, 2.24) is 20.9 Å². The summed E-state index contributed by atoms with van der Waals surface area (Å²) >= 11 is 1.91. The predicted octanol–water partition coefficient (Wildman–Crippen LogP) is 5.42. The second kappa shape index (κ2) is 19.6. The molecule has 0 unspecified atom stereocenters. The Bertz CT molecular complexity index is 1840. The fourth-order valence-corrected chi connectivity index (χ4v) is 18.4. The smallest absolute Gasteiger partial charge is 0.315 e. The number of ether oxygens (including phenoxy) is 6. The summed E-state index contributed by atoms with van der Waals surface area (Å²) in [4.78, 5) is 38.5. The van der Waals surface area contributed by atoms with Crippen LogP contribution in [0, 0.1) is 50.7 Å². The van der Waals surface area contributed by atoms with E-state index in [4.69, 9.17) is 28.4 Å². The van der Waals surface area contributed by atoms with Crippen molar-refractivity contribution in [1.29, 1.82) is 0 Å². The fourth-order valence-electron chi connectivity index (χ4n) is 16.9. The molecule has 0 aromatic heterocycles. The van der Waals surface area contributed by atoms with Crippen molar-refractivity contribution < 1.29 is 53.0 Å². The quantitative estimate of drug-likeness (QED) is 0.0629. The van der Waals surface area contributed by atoms with E-state index in [0.29, 0.717) is 69.5 Å². The highest BCUT2D eigenvalue weighted by molar-refractivity contribution is 8.00. The van der Waals surface area contributed by atoms with Gasteiger partial charge in [0.15, 0.2) is 12.4 Å². The summed E-state index contributed by atoms with van der Waals surface area (Å²) in [5.41, 5.74) is -1.22. The Hall–Kier alpha value is -1.76. The first-order chi connectivity index (χ1) is 32.2. The molecule has 0 aromatic rings. The molecule has 15 nitrogen and oxygen atoms in total. The van der Waals surface area contributed by atoms with Gasteiger partial charge in [-0.2, -0.15) is 11.8 Å². The number of unbranched alkanes of at least 4 members (excludes halogenated alkanes) is 1. The maximum absolute atomic E-state index is 12.7. The van der Waals surface area contributed by atoms with Crippen molar-refractivity contribution in [2.24, 2.45) is 50.7 Å². The molecule has 4 heterocycles. The molecule has 68 heavy (non-hydrogen) atoms. The van der Waals surface area contributed by atoms with Crippen LogP contribution in [0.1, 0.15) is 132 Å². The number of nitrogens with zero attached hydrogens (tertiary/aromatic N) is 1. The third-order valence-electron chi connectivity index (χ3n) is 20.1. The second-order valence-electron chi connectivity index (χ2n) is 24.4. The Morgan fingerprint density at radius 3 is 2.51 bits per heavy atom. The lowest BCUT2D eigenvalue weighted by molar-refractivity contribution is -0.249. The van der Waals surface area contributed by atoms with Gasteiger partial charge < -0.3 is 54.6 Å². The van der Waals surface area contributed by atoms with E-state index in [1.165, 1.54) is 19.8 Å². The summed E-state index contributed by atoms with van der Waals surface area (Å²) in [6, 6.07) is 0.397. The summed E-state index contributed by atoms with van der Waals surface area (Å²) in [7, 11) is 0. The van der Waals surface area contributed by atoms with Gasteiger partial charge in [-0.15, -0.1) is 0 Å². The van der Waals surface area contributed by atoms with Gasteiger partial charge in [0.2, 0.25) is 5.91 Å². The largest absolute Gasteiger partial charge is 0.457 e. The van der Waals surface area contributed by atoms with Crippen molar-refractivity contribution in [2.45, 2.75) is 192 Å². The normalized spacial score (nSPS) is 43.9. The van der Waals surface area contributed by atoms with Gasteiger partial charge in [0.05, 0.1) is 75.1 Å².